The van der Waals surface area contributed by atoms with Crippen LogP contribution in [0.4, 0.5) is 0 Å². The van der Waals surface area contributed by atoms with E-state index in [4.69, 9.17) is 10.5 Å². The lowest BCUT2D eigenvalue weighted by atomic mass is 10.1. The zero-order valence-corrected chi connectivity index (χ0v) is 9.74. The molecule has 0 radical (unpaired) electrons. The van der Waals surface area contributed by atoms with Crippen LogP contribution in [-0.4, -0.2) is 42.6 Å². The third kappa shape index (κ3) is 3.80. The monoisotopic (exact) mass is 214 g/mol. The molecule has 15 heavy (non-hydrogen) atoms. The smallest absolute Gasteiger partial charge is 0.239 e. The normalized spacial score (nSPS) is 24.7. The van der Waals surface area contributed by atoms with Gasteiger partial charge < -0.3 is 15.4 Å². The molecule has 0 spiro atoms. The van der Waals surface area contributed by atoms with Crippen LogP contribution in [0.1, 0.15) is 33.1 Å². The van der Waals surface area contributed by atoms with Gasteiger partial charge in [0.25, 0.3) is 0 Å². The van der Waals surface area contributed by atoms with E-state index in [-0.39, 0.29) is 18.1 Å². The second kappa shape index (κ2) is 6.08. The fraction of sp³-hybridized carbons (Fsp3) is 0.909. The third-order valence-corrected chi connectivity index (χ3v) is 2.68. The molecule has 1 aliphatic heterocycles. The molecule has 2 N–H and O–H groups in total. The highest BCUT2D eigenvalue weighted by molar-refractivity contribution is 5.81. The van der Waals surface area contributed by atoms with Gasteiger partial charge in [-0.3, -0.25) is 4.79 Å². The molecule has 4 nitrogen and oxygen atoms in total. The molecule has 4 heteroatoms. The Kier molecular flexibility index (Phi) is 5.05. The number of carbonyl (C=O) groups excluding carboxylic acids is 1. The number of carbonyl (C=O) groups is 1. The van der Waals surface area contributed by atoms with E-state index in [1.54, 1.807) is 0 Å². The van der Waals surface area contributed by atoms with E-state index in [0.29, 0.717) is 6.54 Å². The molecule has 2 atom stereocenters. The molecule has 0 aromatic rings. The van der Waals surface area contributed by atoms with Crippen LogP contribution in [0, 0.1) is 0 Å². The molecule has 1 heterocycles. The van der Waals surface area contributed by atoms with Crippen molar-refractivity contribution in [1.29, 1.82) is 0 Å². The van der Waals surface area contributed by atoms with E-state index in [0.717, 1.165) is 32.4 Å². The molecule has 0 aliphatic carbocycles. The molecule has 0 aromatic heterocycles. The zero-order valence-electron chi connectivity index (χ0n) is 9.74. The summed E-state index contributed by atoms with van der Waals surface area (Å²) in [6.07, 6.45) is 2.76. The predicted octanol–water partition coefficient (Wildman–Crippen LogP) is 0.751. The summed E-state index contributed by atoms with van der Waals surface area (Å²) in [5, 5.41) is 0. The summed E-state index contributed by atoms with van der Waals surface area (Å²) in [6.45, 7) is 6.24. The van der Waals surface area contributed by atoms with Gasteiger partial charge in [0, 0.05) is 19.7 Å². The average molecular weight is 214 g/mol. The summed E-state index contributed by atoms with van der Waals surface area (Å²) in [6, 6.07) is -0.333. The first-order chi connectivity index (χ1) is 7.15. The summed E-state index contributed by atoms with van der Waals surface area (Å²) in [4.78, 5) is 13.8. The van der Waals surface area contributed by atoms with Crippen LogP contribution in [0.5, 0.6) is 0 Å². The zero-order chi connectivity index (χ0) is 11.3. The number of amides is 1. The molecule has 0 saturated carbocycles. The number of hydrogen-bond acceptors (Lipinski definition) is 3. The number of hydrogen-bond donors (Lipinski definition) is 1. The van der Waals surface area contributed by atoms with E-state index in [1.165, 1.54) is 0 Å². The van der Waals surface area contributed by atoms with Gasteiger partial charge in [0.05, 0.1) is 12.1 Å². The highest BCUT2D eigenvalue weighted by Gasteiger charge is 2.23. The Morgan fingerprint density at radius 1 is 1.67 bits per heavy atom. The highest BCUT2D eigenvalue weighted by atomic mass is 16.5. The van der Waals surface area contributed by atoms with Crippen LogP contribution < -0.4 is 5.73 Å². The number of rotatable bonds is 3. The first kappa shape index (κ1) is 12.5. The van der Waals surface area contributed by atoms with Gasteiger partial charge in [0.2, 0.25) is 5.91 Å². The highest BCUT2D eigenvalue weighted by Crippen LogP contribution is 2.08. The number of nitrogens with zero attached hydrogens (tertiary/aromatic N) is 1. The fourth-order valence-electron chi connectivity index (χ4n) is 1.86. The van der Waals surface area contributed by atoms with Gasteiger partial charge in [0.1, 0.15) is 0 Å². The van der Waals surface area contributed by atoms with Crippen molar-refractivity contribution < 1.29 is 9.53 Å². The van der Waals surface area contributed by atoms with Crippen molar-refractivity contribution in [3.8, 4) is 0 Å². The van der Waals surface area contributed by atoms with Gasteiger partial charge in [0.15, 0.2) is 0 Å². The molecule has 1 saturated heterocycles. The van der Waals surface area contributed by atoms with Crippen LogP contribution in [0.3, 0.4) is 0 Å². The lowest BCUT2D eigenvalue weighted by Gasteiger charge is -2.25. The minimum Gasteiger partial charge on any atom is -0.377 e. The first-order valence-electron chi connectivity index (χ1n) is 5.81. The SMILES string of the molecule is CCC[C@H](N)C(=O)N1CCCOC(C)C1. The van der Waals surface area contributed by atoms with Gasteiger partial charge in [-0.05, 0) is 19.8 Å². The molecular formula is C11H22N2O2. The Labute approximate surface area is 91.8 Å². The van der Waals surface area contributed by atoms with Crippen molar-refractivity contribution in [2.24, 2.45) is 5.73 Å². The summed E-state index contributed by atoms with van der Waals surface area (Å²) in [7, 11) is 0. The molecule has 1 fully saturated rings. The van der Waals surface area contributed by atoms with Gasteiger partial charge >= 0.3 is 0 Å². The van der Waals surface area contributed by atoms with E-state index in [2.05, 4.69) is 0 Å². The van der Waals surface area contributed by atoms with Gasteiger partial charge in [-0.2, -0.15) is 0 Å². The Morgan fingerprint density at radius 2 is 2.40 bits per heavy atom. The van der Waals surface area contributed by atoms with E-state index < -0.39 is 0 Å². The molecule has 88 valence electrons. The fourth-order valence-corrected chi connectivity index (χ4v) is 1.86. The Morgan fingerprint density at radius 3 is 3.07 bits per heavy atom. The maximum Gasteiger partial charge on any atom is 0.239 e. The van der Waals surface area contributed by atoms with Crippen molar-refractivity contribution in [3.05, 3.63) is 0 Å². The molecular weight excluding hydrogens is 192 g/mol. The van der Waals surface area contributed by atoms with Crippen molar-refractivity contribution in [2.45, 2.75) is 45.3 Å². The number of nitrogens with two attached hydrogens (primary N) is 1. The Bertz CT molecular complexity index is 209. The quantitative estimate of drug-likeness (QED) is 0.754. The van der Waals surface area contributed by atoms with Crippen LogP contribution in [0.15, 0.2) is 0 Å². The summed E-state index contributed by atoms with van der Waals surface area (Å²) >= 11 is 0. The van der Waals surface area contributed by atoms with E-state index >= 15 is 0 Å². The van der Waals surface area contributed by atoms with E-state index in [9.17, 15) is 4.79 Å². The van der Waals surface area contributed by atoms with Crippen molar-refractivity contribution in [2.75, 3.05) is 19.7 Å². The predicted molar refractivity (Wildman–Crippen MR) is 59.5 cm³/mol. The van der Waals surface area contributed by atoms with Gasteiger partial charge in [-0.15, -0.1) is 0 Å². The molecule has 1 unspecified atom stereocenters. The molecule has 0 aromatic carbocycles. The lowest BCUT2D eigenvalue weighted by Crippen LogP contribution is -2.45. The summed E-state index contributed by atoms with van der Waals surface area (Å²) < 4.78 is 5.49. The van der Waals surface area contributed by atoms with Crippen molar-refractivity contribution in [3.63, 3.8) is 0 Å². The lowest BCUT2D eigenvalue weighted by molar-refractivity contribution is -0.133. The summed E-state index contributed by atoms with van der Waals surface area (Å²) in [5.41, 5.74) is 5.82. The Hall–Kier alpha value is -0.610. The average Bonchev–Trinajstić information content (AvgIpc) is 2.42. The number of ether oxygens (including phenoxy) is 1. The first-order valence-corrected chi connectivity index (χ1v) is 5.81. The third-order valence-electron chi connectivity index (χ3n) is 2.68. The van der Waals surface area contributed by atoms with E-state index in [1.807, 2.05) is 18.7 Å². The van der Waals surface area contributed by atoms with Crippen LogP contribution in [-0.2, 0) is 9.53 Å². The molecule has 0 bridgehead atoms. The minimum absolute atomic E-state index is 0.0780. The Balaban J connectivity index is 2.49. The van der Waals surface area contributed by atoms with Crippen molar-refractivity contribution in [1.82, 2.24) is 4.90 Å². The van der Waals surface area contributed by atoms with Gasteiger partial charge in [-0.25, -0.2) is 0 Å². The summed E-state index contributed by atoms with van der Waals surface area (Å²) in [5.74, 6) is 0.0780. The second-order valence-corrected chi connectivity index (χ2v) is 4.21. The molecule has 1 amide bonds. The second-order valence-electron chi connectivity index (χ2n) is 4.21. The van der Waals surface area contributed by atoms with Crippen LogP contribution in [0.25, 0.3) is 0 Å². The largest absolute Gasteiger partial charge is 0.377 e. The van der Waals surface area contributed by atoms with Crippen LogP contribution >= 0.6 is 0 Å². The van der Waals surface area contributed by atoms with Crippen LogP contribution in [0.2, 0.25) is 0 Å². The maximum atomic E-state index is 11.9. The van der Waals surface area contributed by atoms with Crippen molar-refractivity contribution >= 4 is 5.91 Å². The minimum atomic E-state index is -0.333. The topological polar surface area (TPSA) is 55.6 Å². The maximum absolute atomic E-state index is 11.9. The standard InChI is InChI=1S/C11H22N2O2/c1-3-5-10(12)11(14)13-6-4-7-15-9(2)8-13/h9-10H,3-8,12H2,1-2H3/t9?,10-/m0/s1. The van der Waals surface area contributed by atoms with Gasteiger partial charge in [-0.1, -0.05) is 13.3 Å². The molecule has 1 rings (SSSR count). The molecule has 1 aliphatic rings.